The molecule has 1 unspecified atom stereocenters. The normalized spacial score (nSPS) is 16.9. The predicted octanol–water partition coefficient (Wildman–Crippen LogP) is 1.65. The van der Waals surface area contributed by atoms with Crippen molar-refractivity contribution < 1.29 is 14.7 Å². The minimum absolute atomic E-state index is 0.0982. The summed E-state index contributed by atoms with van der Waals surface area (Å²) in [5.74, 6) is -1.45. The van der Waals surface area contributed by atoms with E-state index in [-0.39, 0.29) is 23.3 Å². The van der Waals surface area contributed by atoms with E-state index in [1.807, 2.05) is 12.1 Å². The Morgan fingerprint density at radius 3 is 3.00 bits per heavy atom. The molecule has 3 rings (SSSR count). The highest BCUT2D eigenvalue weighted by molar-refractivity contribution is 5.95. The van der Waals surface area contributed by atoms with Gasteiger partial charge in [0.25, 0.3) is 5.91 Å². The van der Waals surface area contributed by atoms with Crippen LogP contribution in [0.4, 0.5) is 0 Å². The molecular weight excluding hydrogens is 284 g/mol. The van der Waals surface area contributed by atoms with E-state index in [1.54, 1.807) is 18.1 Å². The maximum Gasteiger partial charge on any atom is 0.353 e. The van der Waals surface area contributed by atoms with Crippen molar-refractivity contribution >= 4 is 11.9 Å². The molecule has 0 saturated carbocycles. The maximum atomic E-state index is 12.5. The van der Waals surface area contributed by atoms with Gasteiger partial charge in [0.05, 0.1) is 11.7 Å². The summed E-state index contributed by atoms with van der Waals surface area (Å²) in [6, 6.07) is 5.07. The largest absolute Gasteiger partial charge is 0.477 e. The first kappa shape index (κ1) is 14.2. The predicted molar refractivity (Wildman–Crippen MR) is 77.6 cm³/mol. The lowest BCUT2D eigenvalue weighted by atomic mass is 9.91. The zero-order valence-electron chi connectivity index (χ0n) is 12.1. The van der Waals surface area contributed by atoms with Crippen molar-refractivity contribution in [3.05, 3.63) is 47.0 Å². The van der Waals surface area contributed by atoms with Crippen molar-refractivity contribution in [2.24, 2.45) is 0 Å². The number of hydrogen-bond donors (Lipinski definition) is 2. The molecule has 2 heterocycles. The average molecular weight is 300 g/mol. The fraction of sp³-hybridized carbons (Fsp3) is 0.333. The summed E-state index contributed by atoms with van der Waals surface area (Å²) in [7, 11) is 1.70. The van der Waals surface area contributed by atoms with Crippen molar-refractivity contribution in [3.8, 4) is 0 Å². The lowest BCUT2D eigenvalue weighted by Gasteiger charge is -2.31. The van der Waals surface area contributed by atoms with Crippen LogP contribution in [0, 0.1) is 0 Å². The van der Waals surface area contributed by atoms with Gasteiger partial charge in [-0.15, -0.1) is 0 Å². The van der Waals surface area contributed by atoms with Crippen LogP contribution in [0.25, 0.3) is 0 Å². The number of rotatable bonds is 3. The Kier molecular flexibility index (Phi) is 3.62. The number of amides is 1. The van der Waals surface area contributed by atoms with Crippen molar-refractivity contribution in [2.75, 3.05) is 7.05 Å². The van der Waals surface area contributed by atoms with Crippen LogP contribution in [0.3, 0.4) is 0 Å². The summed E-state index contributed by atoms with van der Waals surface area (Å²) in [6.45, 7) is 0. The van der Waals surface area contributed by atoms with Gasteiger partial charge < -0.3 is 10.0 Å². The quantitative estimate of drug-likeness (QED) is 0.898. The van der Waals surface area contributed by atoms with E-state index in [1.165, 1.54) is 6.07 Å². The molecule has 0 aromatic carbocycles. The number of carboxylic acid groups (broad SMARTS) is 1. The summed E-state index contributed by atoms with van der Waals surface area (Å²) in [6.07, 6.45) is 4.52. The summed E-state index contributed by atoms with van der Waals surface area (Å²) in [5, 5.41) is 15.0. The lowest BCUT2D eigenvalue weighted by molar-refractivity contribution is 0.0688. The molecule has 2 N–H and O–H groups in total. The molecule has 2 aromatic rings. The molecule has 1 amide bonds. The second-order valence-corrected chi connectivity index (χ2v) is 5.34. The molecule has 0 bridgehead atoms. The molecule has 1 aliphatic rings. The van der Waals surface area contributed by atoms with Gasteiger partial charge in [0.2, 0.25) is 0 Å². The molecule has 7 nitrogen and oxygen atoms in total. The van der Waals surface area contributed by atoms with Crippen LogP contribution < -0.4 is 0 Å². The van der Waals surface area contributed by atoms with E-state index in [2.05, 4.69) is 15.2 Å². The van der Waals surface area contributed by atoms with Crippen molar-refractivity contribution in [1.29, 1.82) is 0 Å². The Balaban J connectivity index is 1.86. The van der Waals surface area contributed by atoms with E-state index in [0.717, 1.165) is 30.5 Å². The number of aromatic carboxylic acids is 1. The summed E-state index contributed by atoms with van der Waals surface area (Å²) in [5.41, 5.74) is 2.08. The highest BCUT2D eigenvalue weighted by atomic mass is 16.4. The van der Waals surface area contributed by atoms with Crippen LogP contribution >= 0.6 is 0 Å². The van der Waals surface area contributed by atoms with Crippen LogP contribution in [0.15, 0.2) is 24.4 Å². The van der Waals surface area contributed by atoms with Crippen molar-refractivity contribution in [3.63, 3.8) is 0 Å². The van der Waals surface area contributed by atoms with Gasteiger partial charge in [0.15, 0.2) is 5.69 Å². The maximum absolute atomic E-state index is 12.5. The number of nitrogens with zero attached hydrogens (tertiary/aromatic N) is 3. The second-order valence-electron chi connectivity index (χ2n) is 5.34. The van der Waals surface area contributed by atoms with Gasteiger partial charge in [0.1, 0.15) is 5.69 Å². The van der Waals surface area contributed by atoms with Crippen molar-refractivity contribution in [1.82, 2.24) is 20.1 Å². The Morgan fingerprint density at radius 2 is 2.27 bits per heavy atom. The number of carboxylic acids is 1. The third-order valence-electron chi connectivity index (χ3n) is 3.98. The molecule has 114 valence electrons. The molecule has 1 aliphatic carbocycles. The number of pyridine rings is 1. The topological polar surface area (TPSA) is 99.2 Å². The molecule has 7 heteroatoms. The molecule has 2 aromatic heterocycles. The van der Waals surface area contributed by atoms with E-state index in [9.17, 15) is 9.59 Å². The first-order chi connectivity index (χ1) is 10.6. The van der Waals surface area contributed by atoms with Crippen LogP contribution in [0.1, 0.15) is 51.1 Å². The summed E-state index contributed by atoms with van der Waals surface area (Å²) in [4.78, 5) is 29.4. The molecule has 0 saturated heterocycles. The minimum atomic E-state index is -1.14. The van der Waals surface area contributed by atoms with Gasteiger partial charge >= 0.3 is 5.97 Å². The van der Waals surface area contributed by atoms with Crippen LogP contribution in [0.5, 0.6) is 0 Å². The van der Waals surface area contributed by atoms with Crippen LogP contribution in [-0.2, 0) is 6.42 Å². The number of carbonyl (C=O) groups excluding carboxylic acids is 1. The molecular formula is C15H16N4O3. The number of nitrogens with one attached hydrogen (secondary N) is 1. The van der Waals surface area contributed by atoms with Gasteiger partial charge in [-0.1, -0.05) is 6.07 Å². The number of carbonyl (C=O) groups is 2. The summed E-state index contributed by atoms with van der Waals surface area (Å²) < 4.78 is 0. The number of hydrogen-bond acceptors (Lipinski definition) is 4. The van der Waals surface area contributed by atoms with Gasteiger partial charge in [0, 0.05) is 19.3 Å². The first-order valence-corrected chi connectivity index (χ1v) is 7.07. The Hall–Kier alpha value is -2.70. The van der Waals surface area contributed by atoms with E-state index in [0.29, 0.717) is 0 Å². The molecule has 1 atom stereocenters. The SMILES string of the molecule is CN(C(=O)c1cc(C(=O)O)[nH]n1)C1CCCc2cccnc21. The Labute approximate surface area is 127 Å². The van der Waals surface area contributed by atoms with E-state index >= 15 is 0 Å². The highest BCUT2D eigenvalue weighted by Crippen LogP contribution is 2.32. The molecule has 0 spiro atoms. The number of H-pyrrole nitrogens is 1. The van der Waals surface area contributed by atoms with Crippen molar-refractivity contribution in [2.45, 2.75) is 25.3 Å². The fourth-order valence-corrected chi connectivity index (χ4v) is 2.82. The first-order valence-electron chi connectivity index (χ1n) is 7.07. The highest BCUT2D eigenvalue weighted by Gasteiger charge is 2.29. The van der Waals surface area contributed by atoms with Gasteiger partial charge in [-0.2, -0.15) is 5.10 Å². The third kappa shape index (κ3) is 2.45. The smallest absolute Gasteiger partial charge is 0.353 e. The fourth-order valence-electron chi connectivity index (χ4n) is 2.82. The van der Waals surface area contributed by atoms with Gasteiger partial charge in [-0.3, -0.25) is 14.9 Å². The Morgan fingerprint density at radius 1 is 1.45 bits per heavy atom. The van der Waals surface area contributed by atoms with E-state index in [4.69, 9.17) is 5.11 Å². The number of aromatic nitrogens is 3. The second kappa shape index (κ2) is 5.59. The van der Waals surface area contributed by atoms with E-state index < -0.39 is 5.97 Å². The lowest BCUT2D eigenvalue weighted by Crippen LogP contribution is -2.34. The molecule has 0 aliphatic heterocycles. The van der Waals surface area contributed by atoms with Crippen LogP contribution in [0.2, 0.25) is 0 Å². The average Bonchev–Trinajstić information content (AvgIpc) is 3.03. The van der Waals surface area contributed by atoms with Crippen LogP contribution in [-0.4, -0.2) is 44.1 Å². The number of aromatic amines is 1. The monoisotopic (exact) mass is 300 g/mol. The third-order valence-corrected chi connectivity index (χ3v) is 3.98. The Bertz CT molecular complexity index is 725. The standard InChI is InChI=1S/C15H16N4O3/c1-19(14(20)10-8-11(15(21)22)18-17-10)12-6-2-4-9-5-3-7-16-13(9)12/h3,5,7-8,12H,2,4,6H2,1H3,(H,17,18)(H,21,22). The zero-order valence-corrected chi connectivity index (χ0v) is 12.1. The number of fused-ring (bicyclic) bond motifs is 1. The number of aryl methyl sites for hydroxylation is 1. The molecule has 22 heavy (non-hydrogen) atoms. The molecule has 0 fully saturated rings. The zero-order chi connectivity index (χ0) is 15.7. The van der Waals surface area contributed by atoms with Gasteiger partial charge in [-0.05, 0) is 30.9 Å². The van der Waals surface area contributed by atoms with Gasteiger partial charge in [-0.25, -0.2) is 4.79 Å². The minimum Gasteiger partial charge on any atom is -0.477 e. The summed E-state index contributed by atoms with van der Waals surface area (Å²) >= 11 is 0. The molecule has 0 radical (unpaired) electrons.